The summed E-state index contributed by atoms with van der Waals surface area (Å²) < 4.78 is 10.7. The number of ether oxygens (including phenoxy) is 2. The van der Waals surface area contributed by atoms with E-state index in [1.807, 2.05) is 13.8 Å². The minimum Gasteiger partial charge on any atom is -0.391 e. The number of methoxy groups -OCH3 is 1. The second kappa shape index (κ2) is 6.35. The molecule has 4 nitrogen and oxygen atoms in total. The summed E-state index contributed by atoms with van der Waals surface area (Å²) in [5.41, 5.74) is 5.22. The van der Waals surface area contributed by atoms with E-state index >= 15 is 0 Å². The molecule has 0 aliphatic rings. The van der Waals surface area contributed by atoms with Gasteiger partial charge < -0.3 is 20.3 Å². The monoisotopic (exact) mass is 205 g/mol. The molecule has 14 heavy (non-hydrogen) atoms. The Labute approximate surface area is 86.4 Å². The van der Waals surface area contributed by atoms with Crippen LogP contribution >= 0.6 is 0 Å². The molecular formula is C10H23NO3. The molecule has 3 N–H and O–H groups in total. The molecule has 0 saturated heterocycles. The topological polar surface area (TPSA) is 64.7 Å². The fourth-order valence-electron chi connectivity index (χ4n) is 1.07. The van der Waals surface area contributed by atoms with Gasteiger partial charge in [0.25, 0.3) is 0 Å². The summed E-state index contributed by atoms with van der Waals surface area (Å²) in [6, 6.07) is 0. The van der Waals surface area contributed by atoms with Gasteiger partial charge in [-0.15, -0.1) is 0 Å². The first kappa shape index (κ1) is 13.8. The third-order valence-corrected chi connectivity index (χ3v) is 2.42. The van der Waals surface area contributed by atoms with Crippen molar-refractivity contribution in [2.24, 2.45) is 5.73 Å². The van der Waals surface area contributed by atoms with E-state index in [4.69, 9.17) is 15.2 Å². The Morgan fingerprint density at radius 3 is 2.36 bits per heavy atom. The maximum absolute atomic E-state index is 9.31. The van der Waals surface area contributed by atoms with Crippen molar-refractivity contribution in [1.82, 2.24) is 0 Å². The van der Waals surface area contributed by atoms with Gasteiger partial charge in [0.15, 0.2) is 0 Å². The number of aliphatic hydroxyl groups is 1. The molecule has 0 bridgehead atoms. The van der Waals surface area contributed by atoms with Gasteiger partial charge in [-0.25, -0.2) is 0 Å². The summed E-state index contributed by atoms with van der Waals surface area (Å²) in [6.07, 6.45) is 0.0423. The first-order valence-corrected chi connectivity index (χ1v) is 5.00. The van der Waals surface area contributed by atoms with Crippen molar-refractivity contribution in [2.45, 2.75) is 45.0 Å². The van der Waals surface area contributed by atoms with Crippen molar-refractivity contribution in [3.05, 3.63) is 0 Å². The molecule has 0 aromatic heterocycles. The highest BCUT2D eigenvalue weighted by Crippen LogP contribution is 2.17. The van der Waals surface area contributed by atoms with Crippen molar-refractivity contribution in [2.75, 3.05) is 20.3 Å². The zero-order valence-corrected chi connectivity index (χ0v) is 9.62. The summed E-state index contributed by atoms with van der Waals surface area (Å²) in [6.45, 7) is 6.52. The lowest BCUT2D eigenvalue weighted by Crippen LogP contribution is -2.43. The number of hydrogen-bond donors (Lipinski definition) is 2. The van der Waals surface area contributed by atoms with Crippen molar-refractivity contribution in [1.29, 1.82) is 0 Å². The van der Waals surface area contributed by atoms with E-state index in [1.165, 1.54) is 0 Å². The van der Waals surface area contributed by atoms with Crippen LogP contribution in [0.1, 0.15) is 27.2 Å². The lowest BCUT2D eigenvalue weighted by molar-refractivity contribution is -0.119. The Hall–Kier alpha value is -0.160. The number of aliphatic hydroxyl groups excluding tert-OH is 1. The van der Waals surface area contributed by atoms with E-state index in [0.29, 0.717) is 13.2 Å². The van der Waals surface area contributed by atoms with Gasteiger partial charge in [-0.3, -0.25) is 0 Å². The van der Waals surface area contributed by atoms with Gasteiger partial charge in [-0.2, -0.15) is 0 Å². The third-order valence-electron chi connectivity index (χ3n) is 2.42. The van der Waals surface area contributed by atoms with E-state index in [1.54, 1.807) is 14.0 Å². The van der Waals surface area contributed by atoms with Crippen molar-refractivity contribution in [3.8, 4) is 0 Å². The van der Waals surface area contributed by atoms with Crippen LogP contribution in [0, 0.1) is 0 Å². The molecule has 0 spiro atoms. The second-order valence-corrected chi connectivity index (χ2v) is 3.96. The standard InChI is InChI=1S/C10H23NO3/c1-8(12)9(2)14-10(3,7-11)5-6-13-4/h8-9,12H,5-7,11H2,1-4H3. The smallest absolute Gasteiger partial charge is 0.0811 e. The van der Waals surface area contributed by atoms with Crippen LogP contribution in [-0.2, 0) is 9.47 Å². The summed E-state index contributed by atoms with van der Waals surface area (Å²) >= 11 is 0. The Bertz CT molecular complexity index is 152. The fraction of sp³-hybridized carbons (Fsp3) is 1.00. The van der Waals surface area contributed by atoms with Gasteiger partial charge in [-0.1, -0.05) is 0 Å². The summed E-state index contributed by atoms with van der Waals surface area (Å²) in [4.78, 5) is 0. The molecule has 3 unspecified atom stereocenters. The molecule has 0 rings (SSSR count). The molecule has 3 atom stereocenters. The molecule has 0 amide bonds. The Morgan fingerprint density at radius 2 is 2.00 bits per heavy atom. The zero-order chi connectivity index (χ0) is 11.2. The van der Waals surface area contributed by atoms with Gasteiger partial charge in [0.2, 0.25) is 0 Å². The minimum atomic E-state index is -0.483. The van der Waals surface area contributed by atoms with E-state index in [0.717, 1.165) is 6.42 Å². The summed E-state index contributed by atoms with van der Waals surface area (Å²) in [5.74, 6) is 0. The van der Waals surface area contributed by atoms with Crippen molar-refractivity contribution < 1.29 is 14.6 Å². The highest BCUT2D eigenvalue weighted by Gasteiger charge is 2.27. The Kier molecular flexibility index (Phi) is 6.27. The van der Waals surface area contributed by atoms with Gasteiger partial charge in [0.1, 0.15) is 0 Å². The van der Waals surface area contributed by atoms with Crippen LogP contribution in [0.15, 0.2) is 0 Å². The van der Waals surface area contributed by atoms with Crippen molar-refractivity contribution >= 4 is 0 Å². The molecule has 0 aliphatic heterocycles. The van der Waals surface area contributed by atoms with E-state index in [2.05, 4.69) is 0 Å². The lowest BCUT2D eigenvalue weighted by Gasteiger charge is -2.32. The van der Waals surface area contributed by atoms with Gasteiger partial charge in [-0.05, 0) is 20.8 Å². The van der Waals surface area contributed by atoms with Crippen LogP contribution in [-0.4, -0.2) is 43.2 Å². The SMILES string of the molecule is COCCC(C)(CN)OC(C)C(C)O. The third kappa shape index (κ3) is 4.91. The number of rotatable bonds is 7. The number of hydrogen-bond acceptors (Lipinski definition) is 4. The minimum absolute atomic E-state index is 0.208. The summed E-state index contributed by atoms with van der Waals surface area (Å²) in [7, 11) is 1.65. The molecule has 0 aromatic rings. The molecule has 0 aromatic carbocycles. The maximum atomic E-state index is 9.31. The van der Waals surface area contributed by atoms with Gasteiger partial charge >= 0.3 is 0 Å². The molecule has 0 saturated carbocycles. The fourth-order valence-corrected chi connectivity index (χ4v) is 1.07. The Balaban J connectivity index is 4.09. The van der Waals surface area contributed by atoms with Crippen LogP contribution in [0.5, 0.6) is 0 Å². The van der Waals surface area contributed by atoms with Crippen LogP contribution in [0.3, 0.4) is 0 Å². The molecule has 0 radical (unpaired) electrons. The predicted octanol–water partition coefficient (Wildman–Crippen LogP) is 0.526. The van der Waals surface area contributed by atoms with Crippen molar-refractivity contribution in [3.63, 3.8) is 0 Å². The normalized spacial score (nSPS) is 20.1. The molecule has 0 fully saturated rings. The molecule has 4 heteroatoms. The first-order chi connectivity index (χ1) is 6.45. The maximum Gasteiger partial charge on any atom is 0.0811 e. The van der Waals surface area contributed by atoms with Gasteiger partial charge in [0.05, 0.1) is 17.8 Å². The van der Waals surface area contributed by atoms with Crippen LogP contribution in [0.2, 0.25) is 0 Å². The molecular weight excluding hydrogens is 182 g/mol. The second-order valence-electron chi connectivity index (χ2n) is 3.96. The molecule has 86 valence electrons. The first-order valence-electron chi connectivity index (χ1n) is 5.00. The average Bonchev–Trinajstić information content (AvgIpc) is 2.14. The van der Waals surface area contributed by atoms with Gasteiger partial charge in [0, 0.05) is 26.7 Å². The van der Waals surface area contributed by atoms with Crippen LogP contribution in [0.4, 0.5) is 0 Å². The average molecular weight is 205 g/mol. The van der Waals surface area contributed by atoms with Crippen LogP contribution < -0.4 is 5.73 Å². The highest BCUT2D eigenvalue weighted by atomic mass is 16.5. The summed E-state index contributed by atoms with van der Waals surface area (Å²) in [5, 5.41) is 9.31. The zero-order valence-electron chi connectivity index (χ0n) is 9.62. The van der Waals surface area contributed by atoms with E-state index < -0.39 is 11.7 Å². The molecule has 0 heterocycles. The predicted molar refractivity (Wildman–Crippen MR) is 56.2 cm³/mol. The largest absolute Gasteiger partial charge is 0.391 e. The molecule has 0 aliphatic carbocycles. The van der Waals surface area contributed by atoms with Crippen LogP contribution in [0.25, 0.3) is 0 Å². The van der Waals surface area contributed by atoms with E-state index in [-0.39, 0.29) is 6.10 Å². The number of nitrogens with two attached hydrogens (primary N) is 1. The quantitative estimate of drug-likeness (QED) is 0.636. The lowest BCUT2D eigenvalue weighted by atomic mass is 10.0. The van der Waals surface area contributed by atoms with E-state index in [9.17, 15) is 5.11 Å². The highest BCUT2D eigenvalue weighted by molar-refractivity contribution is 4.78. The Morgan fingerprint density at radius 1 is 1.43 bits per heavy atom.